The van der Waals surface area contributed by atoms with Crippen molar-refractivity contribution in [1.29, 1.82) is 0 Å². The van der Waals surface area contributed by atoms with Crippen LogP contribution in [0.2, 0.25) is 5.02 Å². The molecule has 1 atom stereocenters. The molecule has 0 aliphatic heterocycles. The maximum Gasteiger partial charge on any atom is 0.122 e. The van der Waals surface area contributed by atoms with Crippen LogP contribution in [0.1, 0.15) is 39.2 Å². The van der Waals surface area contributed by atoms with E-state index in [1.165, 1.54) is 6.42 Å². The summed E-state index contributed by atoms with van der Waals surface area (Å²) in [7, 11) is 0. The van der Waals surface area contributed by atoms with Crippen LogP contribution in [-0.4, -0.2) is 12.6 Å². The van der Waals surface area contributed by atoms with E-state index in [-0.39, 0.29) is 6.04 Å². The van der Waals surface area contributed by atoms with Gasteiger partial charge in [0.2, 0.25) is 0 Å². The highest BCUT2D eigenvalue weighted by Gasteiger charge is 2.07. The zero-order chi connectivity index (χ0) is 13.5. The van der Waals surface area contributed by atoms with Crippen molar-refractivity contribution in [1.82, 2.24) is 0 Å². The lowest BCUT2D eigenvalue weighted by molar-refractivity contribution is 0.294. The zero-order valence-corrected chi connectivity index (χ0v) is 12.3. The molecule has 0 fully saturated rings. The third-order valence-corrected chi connectivity index (χ3v) is 2.98. The maximum absolute atomic E-state index is 6.01. The predicted molar refractivity (Wildman–Crippen MR) is 78.4 cm³/mol. The molecule has 0 aliphatic rings. The van der Waals surface area contributed by atoms with Gasteiger partial charge in [0.05, 0.1) is 6.61 Å². The molecule has 0 bridgehead atoms. The molecule has 0 saturated heterocycles. The maximum atomic E-state index is 6.01. The van der Waals surface area contributed by atoms with Crippen LogP contribution in [0.3, 0.4) is 0 Å². The third kappa shape index (κ3) is 5.74. The van der Waals surface area contributed by atoms with Gasteiger partial charge in [-0.05, 0) is 55.9 Å². The van der Waals surface area contributed by atoms with Gasteiger partial charge in [-0.25, -0.2) is 0 Å². The van der Waals surface area contributed by atoms with Crippen molar-refractivity contribution in [3.05, 3.63) is 28.8 Å². The van der Waals surface area contributed by atoms with Crippen LogP contribution in [0.15, 0.2) is 18.2 Å². The summed E-state index contributed by atoms with van der Waals surface area (Å²) >= 11 is 6.01. The normalized spacial score (nSPS) is 12.8. The zero-order valence-electron chi connectivity index (χ0n) is 11.6. The second-order valence-electron chi connectivity index (χ2n) is 5.32. The lowest BCUT2D eigenvalue weighted by atomic mass is 10.1. The lowest BCUT2D eigenvalue weighted by Crippen LogP contribution is -2.18. The van der Waals surface area contributed by atoms with Gasteiger partial charge in [0.1, 0.15) is 5.75 Å². The number of halogens is 1. The van der Waals surface area contributed by atoms with Crippen LogP contribution in [-0.2, 0) is 6.42 Å². The van der Waals surface area contributed by atoms with Crippen LogP contribution < -0.4 is 10.5 Å². The van der Waals surface area contributed by atoms with E-state index < -0.39 is 0 Å². The van der Waals surface area contributed by atoms with Crippen LogP contribution in [0.5, 0.6) is 5.75 Å². The summed E-state index contributed by atoms with van der Waals surface area (Å²) in [5.41, 5.74) is 6.94. The topological polar surface area (TPSA) is 35.2 Å². The molecule has 2 nitrogen and oxygen atoms in total. The molecule has 18 heavy (non-hydrogen) atoms. The Balaban J connectivity index is 2.57. The van der Waals surface area contributed by atoms with E-state index in [0.29, 0.717) is 0 Å². The Morgan fingerprint density at radius 1 is 1.28 bits per heavy atom. The fourth-order valence-electron chi connectivity index (χ4n) is 1.87. The monoisotopic (exact) mass is 269 g/mol. The van der Waals surface area contributed by atoms with Crippen molar-refractivity contribution in [2.24, 2.45) is 11.7 Å². The Kier molecular flexibility index (Phi) is 6.51. The summed E-state index contributed by atoms with van der Waals surface area (Å²) in [5, 5.41) is 0.736. The fraction of sp³-hybridized carbons (Fsp3) is 0.600. The van der Waals surface area contributed by atoms with Crippen LogP contribution in [0.25, 0.3) is 0 Å². The first-order valence-electron chi connectivity index (χ1n) is 6.66. The van der Waals surface area contributed by atoms with Gasteiger partial charge in [0, 0.05) is 11.1 Å². The molecule has 102 valence electrons. The summed E-state index contributed by atoms with van der Waals surface area (Å²) < 4.78 is 5.83. The first kappa shape index (κ1) is 15.3. The molecule has 0 amide bonds. The van der Waals surface area contributed by atoms with E-state index in [0.717, 1.165) is 41.7 Å². The van der Waals surface area contributed by atoms with Gasteiger partial charge in [-0.15, -0.1) is 0 Å². The number of rotatable bonds is 7. The van der Waals surface area contributed by atoms with E-state index in [1.54, 1.807) is 0 Å². The van der Waals surface area contributed by atoms with Crippen molar-refractivity contribution >= 4 is 11.6 Å². The van der Waals surface area contributed by atoms with Crippen molar-refractivity contribution in [2.75, 3.05) is 6.61 Å². The summed E-state index contributed by atoms with van der Waals surface area (Å²) in [6.45, 7) is 7.20. The molecule has 0 spiro atoms. The van der Waals surface area contributed by atoms with E-state index in [4.69, 9.17) is 22.1 Å². The average Bonchev–Trinajstić information content (AvgIpc) is 2.25. The second-order valence-corrected chi connectivity index (χ2v) is 5.75. The minimum absolute atomic E-state index is 0.112. The quantitative estimate of drug-likeness (QED) is 0.758. The van der Waals surface area contributed by atoms with Crippen molar-refractivity contribution in [2.45, 2.75) is 46.1 Å². The van der Waals surface area contributed by atoms with Crippen LogP contribution in [0, 0.1) is 5.92 Å². The Morgan fingerprint density at radius 2 is 2.00 bits per heavy atom. The molecule has 3 heteroatoms. The van der Waals surface area contributed by atoms with Crippen LogP contribution >= 0.6 is 11.6 Å². The molecular formula is C15H24ClNO. The molecule has 1 unspecified atom stereocenters. The van der Waals surface area contributed by atoms with E-state index in [2.05, 4.69) is 13.8 Å². The van der Waals surface area contributed by atoms with Crippen molar-refractivity contribution in [3.63, 3.8) is 0 Å². The minimum Gasteiger partial charge on any atom is -0.493 e. The first-order chi connectivity index (χ1) is 8.49. The number of hydrogen-bond acceptors (Lipinski definition) is 2. The van der Waals surface area contributed by atoms with E-state index >= 15 is 0 Å². The average molecular weight is 270 g/mol. The van der Waals surface area contributed by atoms with Gasteiger partial charge in [-0.1, -0.05) is 25.4 Å². The molecule has 2 N–H and O–H groups in total. The number of ether oxygens (including phenoxy) is 1. The van der Waals surface area contributed by atoms with Crippen LogP contribution in [0.4, 0.5) is 0 Å². The molecule has 0 aliphatic carbocycles. The Morgan fingerprint density at radius 3 is 2.61 bits per heavy atom. The van der Waals surface area contributed by atoms with E-state index in [1.807, 2.05) is 25.1 Å². The lowest BCUT2D eigenvalue weighted by Gasteiger charge is -2.14. The fourth-order valence-corrected chi connectivity index (χ4v) is 2.06. The summed E-state index contributed by atoms with van der Waals surface area (Å²) in [6, 6.07) is 5.86. The van der Waals surface area contributed by atoms with Gasteiger partial charge in [-0.2, -0.15) is 0 Å². The smallest absolute Gasteiger partial charge is 0.122 e. The van der Waals surface area contributed by atoms with Gasteiger partial charge < -0.3 is 10.5 Å². The van der Waals surface area contributed by atoms with Gasteiger partial charge in [-0.3, -0.25) is 0 Å². The summed E-state index contributed by atoms with van der Waals surface area (Å²) in [5.74, 6) is 1.64. The Hall–Kier alpha value is -0.730. The van der Waals surface area contributed by atoms with Gasteiger partial charge in [0.25, 0.3) is 0 Å². The molecule has 1 rings (SSSR count). The SMILES string of the molecule is CC(C)CCCOc1ccc(Cl)cc1CC(C)N. The highest BCUT2D eigenvalue weighted by molar-refractivity contribution is 6.30. The molecule has 1 aromatic rings. The third-order valence-electron chi connectivity index (χ3n) is 2.75. The Bertz CT molecular complexity index is 364. The molecular weight excluding hydrogens is 246 g/mol. The Labute approximate surface area is 115 Å². The number of nitrogens with two attached hydrogens (primary N) is 1. The van der Waals surface area contributed by atoms with Gasteiger partial charge >= 0.3 is 0 Å². The number of hydrogen-bond donors (Lipinski definition) is 1. The largest absolute Gasteiger partial charge is 0.493 e. The highest BCUT2D eigenvalue weighted by atomic mass is 35.5. The van der Waals surface area contributed by atoms with Gasteiger partial charge in [0.15, 0.2) is 0 Å². The molecule has 1 aromatic carbocycles. The summed E-state index contributed by atoms with van der Waals surface area (Å²) in [4.78, 5) is 0. The van der Waals surface area contributed by atoms with E-state index in [9.17, 15) is 0 Å². The predicted octanol–water partition coefficient (Wildman–Crippen LogP) is 4.04. The first-order valence-corrected chi connectivity index (χ1v) is 7.03. The molecule has 0 heterocycles. The number of benzene rings is 1. The minimum atomic E-state index is 0.112. The summed E-state index contributed by atoms with van der Waals surface area (Å²) in [6.07, 6.45) is 3.06. The standard InChI is InChI=1S/C15H24ClNO/c1-11(2)5-4-8-18-15-7-6-14(16)10-13(15)9-12(3)17/h6-7,10-12H,4-5,8-9,17H2,1-3H3. The molecule has 0 saturated carbocycles. The molecule has 0 radical (unpaired) electrons. The van der Waals surface area contributed by atoms with Crippen molar-refractivity contribution < 1.29 is 4.74 Å². The second kappa shape index (κ2) is 7.65. The van der Waals surface area contributed by atoms with Crippen molar-refractivity contribution in [3.8, 4) is 5.75 Å². The highest BCUT2D eigenvalue weighted by Crippen LogP contribution is 2.24. The molecule has 0 aromatic heterocycles.